The molecule has 2 unspecified atom stereocenters. The Morgan fingerprint density at radius 2 is 1.02 bits per heavy atom. The number of pyridine rings is 2. The molecule has 4 aromatic heterocycles. The van der Waals surface area contributed by atoms with Crippen LogP contribution in [0.3, 0.4) is 0 Å². The fourth-order valence-electron chi connectivity index (χ4n) is 8.25. The van der Waals surface area contributed by atoms with Crippen LogP contribution in [-0.2, 0) is 65.3 Å². The van der Waals surface area contributed by atoms with E-state index in [0.717, 1.165) is 20.2 Å². The number of carboxylic acid groups (broad SMARTS) is 1. The average molecular weight is 918 g/mol. The number of carbonyl (C=O) groups excluding carboxylic acids is 1. The highest BCUT2D eigenvalue weighted by atomic mass is 32.2. The molecule has 0 radical (unpaired) electrons. The summed E-state index contributed by atoms with van der Waals surface area (Å²) in [6.07, 6.45) is 5.65. The number of carbonyl (C=O) groups is 2. The van der Waals surface area contributed by atoms with Crippen LogP contribution in [-0.4, -0.2) is 57.6 Å². The van der Waals surface area contributed by atoms with E-state index in [1.807, 2.05) is 22.9 Å². The lowest BCUT2D eigenvalue weighted by Crippen LogP contribution is -2.76. The minimum absolute atomic E-state index is 0.216. The molecular weight excluding hydrogens is 879 g/mol. The number of aromatic nitrogens is 2. The van der Waals surface area contributed by atoms with Gasteiger partial charge >= 0.3 is 5.97 Å². The molecule has 2 atom stereocenters. The summed E-state index contributed by atoms with van der Waals surface area (Å²) in [4.78, 5) is 39.3. The van der Waals surface area contributed by atoms with Crippen molar-refractivity contribution in [3.8, 4) is 0 Å². The van der Waals surface area contributed by atoms with Gasteiger partial charge in [0.1, 0.15) is 0 Å². The van der Waals surface area contributed by atoms with Crippen LogP contribution in [0.5, 0.6) is 0 Å². The fraction of sp³-hybridized carbons (Fsp3) is 0.130. The third-order valence-corrected chi connectivity index (χ3v) is 16.2. The van der Waals surface area contributed by atoms with Gasteiger partial charge in [0.2, 0.25) is 20.0 Å². The lowest BCUT2D eigenvalue weighted by Gasteiger charge is -2.55. The topological polar surface area (TPSA) is 187 Å². The van der Waals surface area contributed by atoms with Gasteiger partial charge in [0.25, 0.3) is 5.91 Å². The van der Waals surface area contributed by atoms with Crippen LogP contribution in [0.15, 0.2) is 169 Å². The van der Waals surface area contributed by atoms with Gasteiger partial charge in [0.05, 0.1) is 11.5 Å². The zero-order valence-corrected chi connectivity index (χ0v) is 36.5. The number of nitrogens with one attached hydrogen (secondary N) is 1. The average Bonchev–Trinajstić information content (AvgIpc) is 3.97. The van der Waals surface area contributed by atoms with Crippen LogP contribution in [0.4, 0.5) is 0 Å². The first-order valence-electron chi connectivity index (χ1n) is 19.4. The number of thiophene rings is 2. The number of rotatable bonds is 17. The summed E-state index contributed by atoms with van der Waals surface area (Å²) in [5, 5.41) is 28.7. The molecule has 0 bridgehead atoms. The zero-order chi connectivity index (χ0) is 44.2. The first-order valence-corrected chi connectivity index (χ1v) is 24.4. The number of hydrogen-bond donors (Lipinski definition) is 3. The van der Waals surface area contributed by atoms with E-state index in [1.54, 1.807) is 78.3 Å². The summed E-state index contributed by atoms with van der Waals surface area (Å²) in [7, 11) is -10.0. The predicted molar refractivity (Wildman–Crippen MR) is 242 cm³/mol. The number of aliphatic carboxylic acids is 1. The maximum absolute atomic E-state index is 15.8. The first-order chi connectivity index (χ1) is 30.4. The number of hydrogen-bond acceptors (Lipinski definition) is 11. The van der Waals surface area contributed by atoms with Crippen LogP contribution >= 0.6 is 22.7 Å². The Labute approximate surface area is 371 Å². The van der Waals surface area contributed by atoms with Crippen molar-refractivity contribution in [2.75, 3.05) is 0 Å². The molecule has 0 fully saturated rings. The van der Waals surface area contributed by atoms with Gasteiger partial charge in [-0.3, -0.25) is 20.0 Å². The molecule has 63 heavy (non-hydrogen) atoms. The number of amides is 1. The van der Waals surface area contributed by atoms with Gasteiger partial charge in [0.15, 0.2) is 11.1 Å². The van der Waals surface area contributed by atoms with Gasteiger partial charge in [-0.25, -0.2) is 27.1 Å². The van der Waals surface area contributed by atoms with E-state index in [9.17, 15) is 10.3 Å². The highest BCUT2D eigenvalue weighted by Crippen LogP contribution is 2.54. The van der Waals surface area contributed by atoms with E-state index in [-0.39, 0.29) is 22.3 Å². The van der Waals surface area contributed by atoms with Crippen molar-refractivity contribution in [1.82, 2.24) is 24.1 Å². The van der Waals surface area contributed by atoms with E-state index in [2.05, 4.69) is 9.97 Å². The second-order valence-electron chi connectivity index (χ2n) is 14.7. The number of fused-ring (bicyclic) bond motifs is 2. The van der Waals surface area contributed by atoms with Crippen LogP contribution in [0, 0.1) is 0 Å². The molecule has 1 amide bonds. The molecule has 8 aromatic rings. The van der Waals surface area contributed by atoms with Crippen molar-refractivity contribution in [1.29, 1.82) is 0 Å². The summed E-state index contributed by atoms with van der Waals surface area (Å²) in [6, 6.07) is 34.4. The Bertz CT molecular complexity index is 3120. The number of nitrogens with zero attached hydrogens (tertiary/aromatic N) is 4. The monoisotopic (exact) mass is 917 g/mol. The molecule has 0 aliphatic rings. The van der Waals surface area contributed by atoms with Crippen molar-refractivity contribution in [3.05, 3.63) is 202 Å². The molecular formula is C46H39N5O8S4. The molecule has 0 spiro atoms. The van der Waals surface area contributed by atoms with E-state index in [0.29, 0.717) is 19.7 Å². The second kappa shape index (κ2) is 17.9. The van der Waals surface area contributed by atoms with Gasteiger partial charge in [-0.1, -0.05) is 84.9 Å². The van der Waals surface area contributed by atoms with E-state index >= 15 is 26.4 Å². The van der Waals surface area contributed by atoms with Crippen molar-refractivity contribution in [2.24, 2.45) is 0 Å². The Hall–Kier alpha value is -6.18. The predicted octanol–water partition coefficient (Wildman–Crippen LogP) is 7.65. The van der Waals surface area contributed by atoms with Gasteiger partial charge in [-0.05, 0) is 103 Å². The van der Waals surface area contributed by atoms with E-state index in [1.165, 1.54) is 96.0 Å². The van der Waals surface area contributed by atoms with Crippen molar-refractivity contribution >= 4 is 74.8 Å². The normalized spacial score (nSPS) is 14.1. The number of carboxylic acids is 1. The fourth-order valence-corrected chi connectivity index (χ4v) is 13.5. The minimum Gasteiger partial charge on any atom is -0.480 e. The van der Waals surface area contributed by atoms with Gasteiger partial charge in [-0.2, -0.15) is 8.61 Å². The molecule has 13 nitrogen and oxygen atoms in total. The van der Waals surface area contributed by atoms with Gasteiger partial charge < -0.3 is 5.11 Å². The summed E-state index contributed by atoms with van der Waals surface area (Å²) in [5.74, 6) is -5.02. The highest BCUT2D eigenvalue weighted by Gasteiger charge is 2.73. The minimum atomic E-state index is -5.00. The Morgan fingerprint density at radius 3 is 1.43 bits per heavy atom. The number of sulfonamides is 2. The lowest BCUT2D eigenvalue weighted by molar-refractivity contribution is -0.171. The summed E-state index contributed by atoms with van der Waals surface area (Å²) >= 11 is 2.93. The van der Waals surface area contributed by atoms with Crippen LogP contribution in [0.2, 0.25) is 0 Å². The lowest BCUT2D eigenvalue weighted by atomic mass is 9.66. The Balaban J connectivity index is 1.51. The third kappa shape index (κ3) is 8.15. The number of hydroxylamine groups is 1. The molecule has 0 saturated carbocycles. The molecule has 0 aliphatic heterocycles. The smallest absolute Gasteiger partial charge is 0.332 e. The summed E-state index contributed by atoms with van der Waals surface area (Å²) < 4.78 is 66.4. The Kier molecular flexibility index (Phi) is 12.3. The van der Waals surface area contributed by atoms with Crippen LogP contribution in [0.1, 0.15) is 33.4 Å². The molecule has 3 N–H and O–H groups in total. The summed E-state index contributed by atoms with van der Waals surface area (Å²) in [5.41, 5.74) is -4.36. The van der Waals surface area contributed by atoms with Crippen molar-refractivity contribution in [2.45, 2.75) is 35.7 Å². The molecule has 4 aromatic carbocycles. The van der Waals surface area contributed by atoms with E-state index < -0.39 is 67.6 Å². The van der Waals surface area contributed by atoms with Crippen molar-refractivity contribution < 1.29 is 36.7 Å². The molecule has 0 saturated heterocycles. The quantitative estimate of drug-likeness (QED) is 0.0605. The van der Waals surface area contributed by atoms with Gasteiger partial charge in [0, 0.05) is 47.3 Å². The van der Waals surface area contributed by atoms with Gasteiger partial charge in [-0.15, -0.1) is 22.7 Å². The largest absolute Gasteiger partial charge is 0.480 e. The standard InChI is InChI=1S/C46H39N5O8S4/c52-43(49-55)45(39-11-3-1-4-12-39,50(29-35-9-7-21-47-27-35)62(56,57)31-33-15-17-41-37(25-33)19-23-60-41)46(44(53)54,40-13-5-2-6-14-40)51(30-36-10-8-22-48-28-36)63(58,59)32-34-16-18-42-38(26-34)20-24-61-42/h1-28,55H,29-32H2,(H,49,52)(H,53,54). The maximum atomic E-state index is 15.8. The molecule has 4 heterocycles. The SMILES string of the molecule is O=C(O)C(c1ccccc1)(N(Cc1cccnc1)S(=O)(=O)Cc1ccc2sccc2c1)C(C(=O)NO)(c1ccccc1)N(Cc1cccnc1)S(=O)(=O)Cc1ccc2sccc2c1. The Morgan fingerprint density at radius 1 is 0.571 bits per heavy atom. The molecule has 17 heteroatoms. The third-order valence-electron chi connectivity index (χ3n) is 10.9. The highest BCUT2D eigenvalue weighted by molar-refractivity contribution is 7.88. The maximum Gasteiger partial charge on any atom is 0.332 e. The second-order valence-corrected chi connectivity index (χ2v) is 20.4. The number of benzene rings is 4. The molecule has 8 rings (SSSR count). The van der Waals surface area contributed by atoms with Crippen LogP contribution < -0.4 is 5.48 Å². The molecule has 0 aliphatic carbocycles. The van der Waals surface area contributed by atoms with E-state index in [4.69, 9.17) is 0 Å². The van der Waals surface area contributed by atoms with Crippen molar-refractivity contribution in [3.63, 3.8) is 0 Å². The zero-order valence-electron chi connectivity index (χ0n) is 33.3. The first kappa shape index (κ1) is 43.5. The molecule has 320 valence electrons. The summed E-state index contributed by atoms with van der Waals surface area (Å²) in [6.45, 7) is -1.43. The van der Waals surface area contributed by atoms with Crippen LogP contribution in [0.25, 0.3) is 20.2 Å².